The molecule has 0 saturated heterocycles. The van der Waals surface area contributed by atoms with Gasteiger partial charge in [0, 0.05) is 12.2 Å². The van der Waals surface area contributed by atoms with Gasteiger partial charge in [-0.05, 0) is 67.0 Å². The van der Waals surface area contributed by atoms with Gasteiger partial charge in [-0.1, -0.05) is 84.9 Å². The molecule has 4 rings (SSSR count). The molecule has 0 aliphatic carbocycles. The number of hydrogen-bond donors (Lipinski definition) is 2. The molecule has 0 aromatic heterocycles. The summed E-state index contributed by atoms with van der Waals surface area (Å²) in [5, 5.41) is 5.75. The van der Waals surface area contributed by atoms with Crippen LogP contribution in [0.4, 0.5) is 10.5 Å². The molecule has 0 aliphatic heterocycles. The molecule has 206 valence electrons. The molecule has 4 aromatic carbocycles. The van der Waals surface area contributed by atoms with Gasteiger partial charge in [-0.3, -0.25) is 4.79 Å². The summed E-state index contributed by atoms with van der Waals surface area (Å²) in [5.41, 5.74) is 5.19. The number of hydrogen-bond acceptors (Lipinski definition) is 5. The number of nitrogens with one attached hydrogen (secondary N) is 2. The van der Waals surface area contributed by atoms with Crippen LogP contribution in [-0.4, -0.2) is 31.0 Å². The minimum absolute atomic E-state index is 0.0962. The third-order valence-corrected chi connectivity index (χ3v) is 6.26. The van der Waals surface area contributed by atoms with E-state index in [1.54, 1.807) is 24.3 Å². The van der Waals surface area contributed by atoms with Gasteiger partial charge < -0.3 is 25.0 Å². The Kier molecular flexibility index (Phi) is 9.91. The second-order valence-corrected chi connectivity index (χ2v) is 9.86. The van der Waals surface area contributed by atoms with Gasteiger partial charge in [0.25, 0.3) is 5.91 Å². The molecular formula is C33H35N3O4. The standard InChI is InChI=1S/C33H35N3O4/c1-24-14-15-27(21-36(2)3)20-30(24)34-32(37)31(35-33(38)40-23-26-12-8-5-9-13-26)28-16-18-29(19-17-28)39-22-25-10-6-4-7-11-25/h4-20,31H,21-23H2,1-3H3,(H,34,37)(H,35,38)/t31-/m0/s1. The zero-order valence-electron chi connectivity index (χ0n) is 23.1. The molecule has 40 heavy (non-hydrogen) atoms. The smallest absolute Gasteiger partial charge is 0.408 e. The second-order valence-electron chi connectivity index (χ2n) is 9.86. The van der Waals surface area contributed by atoms with Crippen molar-refractivity contribution in [2.24, 2.45) is 0 Å². The quantitative estimate of drug-likeness (QED) is 0.237. The third kappa shape index (κ3) is 8.44. The lowest BCUT2D eigenvalue weighted by atomic mass is 10.0. The van der Waals surface area contributed by atoms with Crippen LogP contribution in [0, 0.1) is 6.92 Å². The number of alkyl carbamates (subject to hydrolysis) is 1. The SMILES string of the molecule is Cc1ccc(CN(C)C)cc1NC(=O)[C@@H](NC(=O)OCc1ccccc1)c1ccc(OCc2ccccc2)cc1. The Bertz CT molecular complexity index is 1390. The Morgan fingerprint density at radius 1 is 0.775 bits per heavy atom. The Labute approximate surface area is 235 Å². The molecule has 0 aliphatic rings. The van der Waals surface area contributed by atoms with E-state index < -0.39 is 12.1 Å². The first-order valence-corrected chi connectivity index (χ1v) is 13.2. The van der Waals surface area contributed by atoms with Crippen LogP contribution in [-0.2, 0) is 29.3 Å². The molecule has 0 fully saturated rings. The highest BCUT2D eigenvalue weighted by Crippen LogP contribution is 2.23. The first-order valence-electron chi connectivity index (χ1n) is 13.2. The summed E-state index contributed by atoms with van der Waals surface area (Å²) in [5.74, 6) is 0.283. The highest BCUT2D eigenvalue weighted by Gasteiger charge is 2.24. The van der Waals surface area contributed by atoms with Crippen molar-refractivity contribution in [3.8, 4) is 5.75 Å². The van der Waals surface area contributed by atoms with Crippen LogP contribution in [0.3, 0.4) is 0 Å². The summed E-state index contributed by atoms with van der Waals surface area (Å²) in [6.45, 7) is 3.20. The Morgan fingerprint density at radius 2 is 1.40 bits per heavy atom. The number of nitrogens with zero attached hydrogens (tertiary/aromatic N) is 1. The van der Waals surface area contributed by atoms with Crippen LogP contribution >= 0.6 is 0 Å². The van der Waals surface area contributed by atoms with Gasteiger partial charge in [0.1, 0.15) is 25.0 Å². The van der Waals surface area contributed by atoms with Gasteiger partial charge in [0.05, 0.1) is 0 Å². The van der Waals surface area contributed by atoms with Gasteiger partial charge in [0.2, 0.25) is 0 Å². The topological polar surface area (TPSA) is 79.9 Å². The zero-order chi connectivity index (χ0) is 28.3. The van der Waals surface area contributed by atoms with E-state index in [0.717, 1.165) is 28.8 Å². The number of anilines is 1. The summed E-state index contributed by atoms with van der Waals surface area (Å²) in [6.07, 6.45) is -0.688. The van der Waals surface area contributed by atoms with Gasteiger partial charge in [-0.2, -0.15) is 0 Å². The first-order chi connectivity index (χ1) is 19.4. The molecule has 0 saturated carbocycles. The van der Waals surface area contributed by atoms with Crippen LogP contribution < -0.4 is 15.4 Å². The summed E-state index contributed by atoms with van der Waals surface area (Å²) in [7, 11) is 3.98. The summed E-state index contributed by atoms with van der Waals surface area (Å²) in [6, 6.07) is 31.4. The van der Waals surface area contributed by atoms with Gasteiger partial charge >= 0.3 is 6.09 Å². The van der Waals surface area contributed by atoms with Crippen molar-refractivity contribution in [3.63, 3.8) is 0 Å². The molecule has 0 unspecified atom stereocenters. The number of carbonyl (C=O) groups is 2. The molecule has 0 heterocycles. The van der Waals surface area contributed by atoms with Crippen molar-refractivity contribution < 1.29 is 19.1 Å². The maximum absolute atomic E-state index is 13.6. The van der Waals surface area contributed by atoms with Gasteiger partial charge in [0.15, 0.2) is 0 Å². The van der Waals surface area contributed by atoms with E-state index in [9.17, 15) is 9.59 Å². The lowest BCUT2D eigenvalue weighted by Crippen LogP contribution is -2.37. The fourth-order valence-electron chi connectivity index (χ4n) is 4.15. The summed E-state index contributed by atoms with van der Waals surface area (Å²) < 4.78 is 11.3. The van der Waals surface area contributed by atoms with Gasteiger partial charge in [-0.25, -0.2) is 4.79 Å². The first kappa shape index (κ1) is 28.4. The van der Waals surface area contributed by atoms with Crippen LogP contribution in [0.1, 0.15) is 33.9 Å². The number of amides is 2. The largest absolute Gasteiger partial charge is 0.489 e. The number of rotatable bonds is 11. The van der Waals surface area contributed by atoms with E-state index in [1.165, 1.54) is 0 Å². The maximum Gasteiger partial charge on any atom is 0.408 e. The van der Waals surface area contributed by atoms with Gasteiger partial charge in [-0.15, -0.1) is 0 Å². The Balaban J connectivity index is 1.50. The molecule has 2 amide bonds. The second kappa shape index (κ2) is 14.0. The average molecular weight is 538 g/mol. The number of ether oxygens (including phenoxy) is 2. The van der Waals surface area contributed by atoms with Crippen LogP contribution in [0.2, 0.25) is 0 Å². The molecule has 0 spiro atoms. The minimum atomic E-state index is -0.983. The molecule has 7 nitrogen and oxygen atoms in total. The molecule has 7 heteroatoms. The minimum Gasteiger partial charge on any atom is -0.489 e. The van der Waals surface area contributed by atoms with Crippen molar-refractivity contribution in [1.82, 2.24) is 10.2 Å². The predicted octanol–water partition coefficient (Wildman–Crippen LogP) is 6.24. The van der Waals surface area contributed by atoms with Crippen LogP contribution in [0.15, 0.2) is 103 Å². The third-order valence-electron chi connectivity index (χ3n) is 6.26. The normalized spacial score (nSPS) is 11.5. The molecule has 2 N–H and O–H groups in total. The molecule has 4 aromatic rings. The summed E-state index contributed by atoms with van der Waals surface area (Å²) in [4.78, 5) is 28.4. The van der Waals surface area contributed by atoms with E-state index in [-0.39, 0.29) is 12.5 Å². The molecule has 0 bridgehead atoms. The van der Waals surface area contributed by atoms with Crippen molar-refractivity contribution in [2.45, 2.75) is 32.7 Å². The highest BCUT2D eigenvalue weighted by molar-refractivity contribution is 5.97. The summed E-state index contributed by atoms with van der Waals surface area (Å²) >= 11 is 0. The predicted molar refractivity (Wildman–Crippen MR) is 157 cm³/mol. The Morgan fingerprint density at radius 3 is 2.02 bits per heavy atom. The average Bonchev–Trinajstić information content (AvgIpc) is 2.96. The fourth-order valence-corrected chi connectivity index (χ4v) is 4.15. The monoisotopic (exact) mass is 537 g/mol. The fraction of sp³-hybridized carbons (Fsp3) is 0.212. The maximum atomic E-state index is 13.6. The van der Waals surface area contributed by atoms with Crippen LogP contribution in [0.25, 0.3) is 0 Å². The highest BCUT2D eigenvalue weighted by atomic mass is 16.5. The molecule has 0 radical (unpaired) electrons. The number of carbonyl (C=O) groups excluding carboxylic acids is 2. The van der Waals surface area contributed by atoms with Crippen LogP contribution in [0.5, 0.6) is 5.75 Å². The Hall–Kier alpha value is -4.62. The van der Waals surface area contributed by atoms with Crippen molar-refractivity contribution >= 4 is 17.7 Å². The lowest BCUT2D eigenvalue weighted by Gasteiger charge is -2.20. The lowest BCUT2D eigenvalue weighted by molar-refractivity contribution is -0.118. The van der Waals surface area contributed by atoms with E-state index in [1.807, 2.05) is 99.9 Å². The van der Waals surface area contributed by atoms with E-state index in [4.69, 9.17) is 9.47 Å². The van der Waals surface area contributed by atoms with E-state index in [0.29, 0.717) is 23.6 Å². The zero-order valence-corrected chi connectivity index (χ0v) is 23.1. The van der Waals surface area contributed by atoms with Crippen molar-refractivity contribution in [1.29, 1.82) is 0 Å². The molecular weight excluding hydrogens is 502 g/mol. The number of aryl methyl sites for hydroxylation is 1. The van der Waals surface area contributed by atoms with E-state index >= 15 is 0 Å². The van der Waals surface area contributed by atoms with Crippen molar-refractivity contribution in [2.75, 3.05) is 19.4 Å². The van der Waals surface area contributed by atoms with E-state index in [2.05, 4.69) is 15.5 Å². The number of benzene rings is 4. The van der Waals surface area contributed by atoms with Crippen molar-refractivity contribution in [3.05, 3.63) is 131 Å². The molecule has 1 atom stereocenters.